The van der Waals surface area contributed by atoms with Crippen molar-refractivity contribution in [3.05, 3.63) is 46.0 Å². The zero-order valence-corrected chi connectivity index (χ0v) is 16.5. The van der Waals surface area contributed by atoms with Gasteiger partial charge in [0.25, 0.3) is 11.8 Å². The minimum absolute atomic E-state index is 0.218. The summed E-state index contributed by atoms with van der Waals surface area (Å²) in [5, 5.41) is 6.34. The van der Waals surface area contributed by atoms with Gasteiger partial charge in [0.1, 0.15) is 0 Å². The number of fused-ring (bicyclic) bond motifs is 1. The monoisotopic (exact) mass is 388 g/mol. The number of unbranched alkanes of at least 4 members (excludes halogenated alkanes) is 1. The van der Waals surface area contributed by atoms with E-state index in [0.717, 1.165) is 43.4 Å². The molecule has 1 aliphatic heterocycles. The number of anilines is 1. The lowest BCUT2D eigenvalue weighted by Gasteiger charge is -2.17. The van der Waals surface area contributed by atoms with Gasteiger partial charge in [-0.05, 0) is 50.3 Å². The van der Waals surface area contributed by atoms with Crippen molar-refractivity contribution in [1.82, 2.24) is 14.9 Å². The average Bonchev–Trinajstić information content (AvgIpc) is 3.05. The molecule has 1 aromatic heterocycles. The first-order valence-electron chi connectivity index (χ1n) is 9.46. The van der Waals surface area contributed by atoms with E-state index < -0.39 is 0 Å². The normalized spacial score (nSPS) is 13.1. The third kappa shape index (κ3) is 4.33. The van der Waals surface area contributed by atoms with Crippen molar-refractivity contribution in [3.63, 3.8) is 0 Å². The largest absolute Gasteiger partial charge is 0.349 e. The van der Waals surface area contributed by atoms with E-state index in [1.165, 1.54) is 0 Å². The maximum Gasteiger partial charge on any atom is 0.287 e. The molecule has 0 bridgehead atoms. The van der Waals surface area contributed by atoms with Gasteiger partial charge in [0.15, 0.2) is 11.5 Å². The third-order valence-electron chi connectivity index (χ3n) is 4.78. The number of halogens is 1. The molecule has 1 aromatic carbocycles. The smallest absolute Gasteiger partial charge is 0.287 e. The molecule has 144 valence electrons. The summed E-state index contributed by atoms with van der Waals surface area (Å²) in [4.78, 5) is 29.8. The van der Waals surface area contributed by atoms with Crippen molar-refractivity contribution in [3.8, 4) is 0 Å². The predicted molar refractivity (Wildman–Crippen MR) is 107 cm³/mol. The number of imidazole rings is 1. The van der Waals surface area contributed by atoms with Crippen LogP contribution in [-0.2, 0) is 13.0 Å². The summed E-state index contributed by atoms with van der Waals surface area (Å²) < 4.78 is 1.89. The summed E-state index contributed by atoms with van der Waals surface area (Å²) in [7, 11) is 0. The van der Waals surface area contributed by atoms with Gasteiger partial charge < -0.3 is 15.2 Å². The van der Waals surface area contributed by atoms with Crippen LogP contribution in [0.5, 0.6) is 0 Å². The number of rotatable bonds is 6. The lowest BCUT2D eigenvalue weighted by atomic mass is 10.1. The summed E-state index contributed by atoms with van der Waals surface area (Å²) in [5.74, 6) is -0.204. The van der Waals surface area contributed by atoms with Crippen molar-refractivity contribution in [2.75, 3.05) is 11.9 Å². The van der Waals surface area contributed by atoms with Crippen LogP contribution in [0, 0.1) is 6.92 Å². The highest BCUT2D eigenvalue weighted by atomic mass is 35.5. The fourth-order valence-electron chi connectivity index (χ4n) is 3.22. The second-order valence-electron chi connectivity index (χ2n) is 6.87. The number of hydrogen-bond acceptors (Lipinski definition) is 3. The van der Waals surface area contributed by atoms with Crippen molar-refractivity contribution in [2.24, 2.45) is 0 Å². The van der Waals surface area contributed by atoms with Gasteiger partial charge in [0.2, 0.25) is 0 Å². The Kier molecular flexibility index (Phi) is 6.16. The molecular formula is C20H25ClN4O2. The molecule has 0 atom stereocenters. The molecule has 0 fully saturated rings. The molecule has 0 unspecified atom stereocenters. The van der Waals surface area contributed by atoms with Crippen molar-refractivity contribution >= 4 is 29.1 Å². The molecule has 1 aliphatic rings. The van der Waals surface area contributed by atoms with Crippen LogP contribution in [0.25, 0.3) is 0 Å². The van der Waals surface area contributed by atoms with Crippen LogP contribution in [0.1, 0.15) is 65.0 Å². The number of amides is 2. The van der Waals surface area contributed by atoms with E-state index in [2.05, 4.69) is 22.5 Å². The molecule has 2 aromatic rings. The van der Waals surface area contributed by atoms with Crippen molar-refractivity contribution in [2.45, 2.75) is 52.5 Å². The topological polar surface area (TPSA) is 76.0 Å². The number of nitrogens with zero attached hydrogens (tertiary/aromatic N) is 2. The summed E-state index contributed by atoms with van der Waals surface area (Å²) in [5.41, 5.74) is 2.71. The molecule has 2 N–H and O–H groups in total. The maximum absolute atomic E-state index is 12.8. The Labute approximate surface area is 164 Å². The zero-order valence-electron chi connectivity index (χ0n) is 15.8. The first-order chi connectivity index (χ1) is 13.0. The third-order valence-corrected chi connectivity index (χ3v) is 5.19. The Morgan fingerprint density at radius 3 is 2.81 bits per heavy atom. The van der Waals surface area contributed by atoms with Crippen LogP contribution < -0.4 is 10.6 Å². The number of hydrogen-bond donors (Lipinski definition) is 2. The van der Waals surface area contributed by atoms with E-state index in [1.54, 1.807) is 12.1 Å². The average molecular weight is 389 g/mol. The molecule has 0 aliphatic carbocycles. The Bertz CT molecular complexity index is 860. The molecule has 7 heteroatoms. The number of carbonyl (C=O) groups excluding carboxylic acids is 2. The fourth-order valence-corrected chi connectivity index (χ4v) is 3.40. The highest BCUT2D eigenvalue weighted by Crippen LogP contribution is 2.24. The molecule has 0 radical (unpaired) electrons. The lowest BCUT2D eigenvalue weighted by Crippen LogP contribution is -2.28. The van der Waals surface area contributed by atoms with Crippen molar-refractivity contribution < 1.29 is 9.59 Å². The number of carbonyl (C=O) groups is 2. The SMILES string of the molecule is CCCCNC(=O)c1nc(C(=O)Nc2ccc(C)c(Cl)c2)c2n1CCCC2. The van der Waals surface area contributed by atoms with Crippen molar-refractivity contribution in [1.29, 1.82) is 0 Å². The number of aromatic nitrogens is 2. The second kappa shape index (κ2) is 8.57. The minimum Gasteiger partial charge on any atom is -0.349 e. The summed E-state index contributed by atoms with van der Waals surface area (Å²) in [6.45, 7) is 5.30. The van der Waals surface area contributed by atoms with Crippen LogP contribution in [0.15, 0.2) is 18.2 Å². The Morgan fingerprint density at radius 2 is 2.07 bits per heavy atom. The summed E-state index contributed by atoms with van der Waals surface area (Å²) in [6.07, 6.45) is 4.63. The maximum atomic E-state index is 12.8. The highest BCUT2D eigenvalue weighted by Gasteiger charge is 2.27. The quantitative estimate of drug-likeness (QED) is 0.735. The van der Waals surface area contributed by atoms with Gasteiger partial charge in [-0.3, -0.25) is 9.59 Å². The molecular weight excluding hydrogens is 364 g/mol. The number of aryl methyl sites for hydroxylation is 1. The van der Waals surface area contributed by atoms with Crippen LogP contribution in [0.2, 0.25) is 5.02 Å². The fraction of sp³-hybridized carbons (Fsp3) is 0.450. The molecule has 3 rings (SSSR count). The molecule has 6 nitrogen and oxygen atoms in total. The second-order valence-corrected chi connectivity index (χ2v) is 7.27. The van der Waals surface area contributed by atoms with Gasteiger partial charge in [0, 0.05) is 23.8 Å². The van der Waals surface area contributed by atoms with Gasteiger partial charge in [-0.25, -0.2) is 4.98 Å². The van der Waals surface area contributed by atoms with E-state index >= 15 is 0 Å². The van der Waals surface area contributed by atoms with Crippen LogP contribution in [0.4, 0.5) is 5.69 Å². The van der Waals surface area contributed by atoms with E-state index in [-0.39, 0.29) is 11.8 Å². The Balaban J connectivity index is 1.85. The van der Waals surface area contributed by atoms with E-state index in [4.69, 9.17) is 11.6 Å². The van der Waals surface area contributed by atoms with E-state index in [0.29, 0.717) is 35.3 Å². The predicted octanol–water partition coefficient (Wildman–Crippen LogP) is 3.96. The summed E-state index contributed by atoms with van der Waals surface area (Å²) >= 11 is 6.14. The van der Waals surface area contributed by atoms with Gasteiger partial charge in [-0.2, -0.15) is 0 Å². The number of nitrogens with one attached hydrogen (secondary N) is 2. The first-order valence-corrected chi connectivity index (χ1v) is 9.84. The molecule has 0 spiro atoms. The van der Waals surface area contributed by atoms with Gasteiger partial charge in [-0.1, -0.05) is 31.0 Å². The standard InChI is InChI=1S/C20H25ClN4O2/c1-3-4-10-22-20(27)18-24-17(16-7-5-6-11-25(16)18)19(26)23-14-9-8-13(2)15(21)12-14/h8-9,12H,3-7,10-11H2,1-2H3,(H,22,27)(H,23,26). The minimum atomic E-state index is -0.312. The van der Waals surface area contributed by atoms with Gasteiger partial charge in [0.05, 0.1) is 5.69 Å². The van der Waals surface area contributed by atoms with Gasteiger partial charge >= 0.3 is 0 Å². The highest BCUT2D eigenvalue weighted by molar-refractivity contribution is 6.31. The zero-order chi connectivity index (χ0) is 19.4. The summed E-state index contributed by atoms with van der Waals surface area (Å²) in [6, 6.07) is 5.38. The Morgan fingerprint density at radius 1 is 1.26 bits per heavy atom. The van der Waals surface area contributed by atoms with E-state index in [1.807, 2.05) is 17.6 Å². The molecule has 2 heterocycles. The Hall–Kier alpha value is -2.34. The molecule has 0 saturated heterocycles. The lowest BCUT2D eigenvalue weighted by molar-refractivity contribution is 0.0937. The first kappa shape index (κ1) is 19.4. The van der Waals surface area contributed by atoms with Crippen LogP contribution >= 0.6 is 11.6 Å². The molecule has 0 saturated carbocycles. The van der Waals surface area contributed by atoms with E-state index in [9.17, 15) is 9.59 Å². The number of benzene rings is 1. The molecule has 2 amide bonds. The molecule has 27 heavy (non-hydrogen) atoms. The van der Waals surface area contributed by atoms with Crippen LogP contribution in [-0.4, -0.2) is 27.9 Å². The van der Waals surface area contributed by atoms with Crippen LogP contribution in [0.3, 0.4) is 0 Å². The van der Waals surface area contributed by atoms with Gasteiger partial charge in [-0.15, -0.1) is 0 Å².